The summed E-state index contributed by atoms with van der Waals surface area (Å²) in [6.07, 6.45) is 1.06. The second-order valence-electron chi connectivity index (χ2n) is 5.04. The monoisotopic (exact) mass is 325 g/mol. The van der Waals surface area contributed by atoms with Crippen LogP contribution >= 0.6 is 23.2 Å². The average molecular weight is 326 g/mol. The summed E-state index contributed by atoms with van der Waals surface area (Å²) in [7, 11) is 0. The van der Waals surface area contributed by atoms with E-state index in [1.165, 1.54) is 6.07 Å². The molecule has 0 aliphatic carbocycles. The van der Waals surface area contributed by atoms with Gasteiger partial charge in [-0.2, -0.15) is 0 Å². The lowest BCUT2D eigenvalue weighted by molar-refractivity contribution is 0.568. The van der Waals surface area contributed by atoms with Gasteiger partial charge in [0.1, 0.15) is 5.82 Å². The Hall–Kier alpha value is -1.09. The predicted molar refractivity (Wildman–Crippen MR) is 88.6 cm³/mol. The maximum absolute atomic E-state index is 14.1. The Bertz CT molecular complexity index is 628. The van der Waals surface area contributed by atoms with Crippen LogP contribution in [0.4, 0.5) is 4.39 Å². The minimum atomic E-state index is -0.286. The molecule has 0 aromatic heterocycles. The summed E-state index contributed by atoms with van der Waals surface area (Å²) in [5, 5.41) is 4.39. The molecule has 1 N–H and O–H groups in total. The molecule has 0 bridgehead atoms. The van der Waals surface area contributed by atoms with E-state index in [0.29, 0.717) is 21.2 Å². The predicted octanol–water partition coefficient (Wildman–Crippen LogP) is 5.86. The molecule has 21 heavy (non-hydrogen) atoms. The van der Waals surface area contributed by atoms with Crippen molar-refractivity contribution in [3.05, 3.63) is 57.8 Å². The van der Waals surface area contributed by atoms with Crippen molar-refractivity contribution in [2.45, 2.75) is 26.3 Å². The van der Waals surface area contributed by atoms with Crippen LogP contribution in [0.25, 0.3) is 11.1 Å². The van der Waals surface area contributed by atoms with Gasteiger partial charge in [0.15, 0.2) is 0 Å². The molecule has 112 valence electrons. The van der Waals surface area contributed by atoms with Crippen LogP contribution in [0.15, 0.2) is 36.4 Å². The molecule has 2 rings (SSSR count). The highest BCUT2D eigenvalue weighted by Crippen LogP contribution is 2.33. The molecule has 2 aromatic rings. The topological polar surface area (TPSA) is 12.0 Å². The van der Waals surface area contributed by atoms with E-state index in [2.05, 4.69) is 19.2 Å². The maximum atomic E-state index is 14.1. The highest BCUT2D eigenvalue weighted by Gasteiger charge is 2.13. The molecule has 1 nitrogen and oxygen atoms in total. The van der Waals surface area contributed by atoms with Crippen LogP contribution < -0.4 is 5.32 Å². The average Bonchev–Trinajstić information content (AvgIpc) is 2.46. The van der Waals surface area contributed by atoms with E-state index in [1.54, 1.807) is 24.3 Å². The number of benzene rings is 2. The Kier molecular flexibility index (Phi) is 5.63. The van der Waals surface area contributed by atoms with E-state index in [-0.39, 0.29) is 11.9 Å². The highest BCUT2D eigenvalue weighted by molar-refractivity contribution is 6.36. The van der Waals surface area contributed by atoms with Crippen LogP contribution in [0.2, 0.25) is 10.0 Å². The second kappa shape index (κ2) is 7.26. The Morgan fingerprint density at radius 3 is 2.52 bits per heavy atom. The minimum absolute atomic E-state index is 0.162. The molecule has 0 aliphatic heterocycles. The van der Waals surface area contributed by atoms with Gasteiger partial charge >= 0.3 is 0 Å². The van der Waals surface area contributed by atoms with E-state index >= 15 is 0 Å². The van der Waals surface area contributed by atoms with E-state index < -0.39 is 0 Å². The third-order valence-corrected chi connectivity index (χ3v) is 3.96. The van der Waals surface area contributed by atoms with E-state index in [9.17, 15) is 4.39 Å². The molecule has 4 heteroatoms. The number of halogens is 3. The molecule has 0 spiro atoms. The van der Waals surface area contributed by atoms with Gasteiger partial charge in [0.25, 0.3) is 0 Å². The Morgan fingerprint density at radius 1 is 1.10 bits per heavy atom. The van der Waals surface area contributed by atoms with Gasteiger partial charge in [-0.3, -0.25) is 0 Å². The van der Waals surface area contributed by atoms with E-state index in [4.69, 9.17) is 23.2 Å². The normalized spacial score (nSPS) is 12.4. The quantitative estimate of drug-likeness (QED) is 0.725. The SMILES string of the molecule is CCCNC(C)c1ccc(F)c(-c2ccc(Cl)cc2Cl)c1. The third kappa shape index (κ3) is 3.97. The van der Waals surface area contributed by atoms with Crippen molar-refractivity contribution in [3.8, 4) is 11.1 Å². The highest BCUT2D eigenvalue weighted by atomic mass is 35.5. The number of rotatable bonds is 5. The van der Waals surface area contributed by atoms with Gasteiger partial charge in [0, 0.05) is 27.2 Å². The molecule has 1 atom stereocenters. The molecule has 0 amide bonds. The van der Waals surface area contributed by atoms with Crippen molar-refractivity contribution in [3.63, 3.8) is 0 Å². The largest absolute Gasteiger partial charge is 0.310 e. The fourth-order valence-corrected chi connectivity index (χ4v) is 2.72. The Balaban J connectivity index is 2.39. The van der Waals surface area contributed by atoms with Crippen LogP contribution in [-0.2, 0) is 0 Å². The van der Waals surface area contributed by atoms with Crippen LogP contribution in [0, 0.1) is 5.82 Å². The van der Waals surface area contributed by atoms with Gasteiger partial charge in [-0.1, -0.05) is 42.3 Å². The lowest BCUT2D eigenvalue weighted by Crippen LogP contribution is -2.19. The van der Waals surface area contributed by atoms with Gasteiger partial charge in [-0.05, 0) is 49.7 Å². The summed E-state index contributed by atoms with van der Waals surface area (Å²) < 4.78 is 14.1. The van der Waals surface area contributed by atoms with Crippen molar-refractivity contribution >= 4 is 23.2 Å². The summed E-state index contributed by atoms with van der Waals surface area (Å²) in [5.41, 5.74) is 2.19. The number of hydrogen-bond acceptors (Lipinski definition) is 1. The zero-order valence-electron chi connectivity index (χ0n) is 12.1. The van der Waals surface area contributed by atoms with E-state index in [1.807, 2.05) is 6.07 Å². The summed E-state index contributed by atoms with van der Waals surface area (Å²) >= 11 is 12.1. The standard InChI is InChI=1S/C17H18Cl2FN/c1-3-8-21-11(2)12-4-7-17(20)15(9-12)14-6-5-13(18)10-16(14)19/h4-7,9-11,21H,3,8H2,1-2H3. The van der Waals surface area contributed by atoms with Crippen LogP contribution in [-0.4, -0.2) is 6.54 Å². The maximum Gasteiger partial charge on any atom is 0.131 e. The third-order valence-electron chi connectivity index (χ3n) is 3.41. The van der Waals surface area contributed by atoms with Crippen molar-refractivity contribution in [2.75, 3.05) is 6.54 Å². The Labute approximate surface area is 135 Å². The summed E-state index contributed by atoms with van der Waals surface area (Å²) in [6.45, 7) is 5.11. The van der Waals surface area contributed by atoms with Crippen LogP contribution in [0.5, 0.6) is 0 Å². The molecule has 0 radical (unpaired) electrons. The first-order chi connectivity index (χ1) is 10.0. The number of hydrogen-bond donors (Lipinski definition) is 1. The van der Waals surface area contributed by atoms with Crippen molar-refractivity contribution < 1.29 is 4.39 Å². The Morgan fingerprint density at radius 2 is 1.86 bits per heavy atom. The molecule has 1 unspecified atom stereocenters. The molecule has 0 saturated heterocycles. The first kappa shape index (κ1) is 16.3. The van der Waals surface area contributed by atoms with Gasteiger partial charge in [0.2, 0.25) is 0 Å². The first-order valence-electron chi connectivity index (χ1n) is 7.01. The van der Waals surface area contributed by atoms with Crippen molar-refractivity contribution in [1.29, 1.82) is 0 Å². The van der Waals surface area contributed by atoms with Gasteiger partial charge in [0.05, 0.1) is 0 Å². The van der Waals surface area contributed by atoms with Gasteiger partial charge in [-0.25, -0.2) is 4.39 Å². The zero-order valence-corrected chi connectivity index (χ0v) is 13.6. The summed E-state index contributed by atoms with van der Waals surface area (Å²) in [4.78, 5) is 0. The second-order valence-corrected chi connectivity index (χ2v) is 5.88. The molecule has 0 saturated carbocycles. The van der Waals surface area contributed by atoms with Crippen molar-refractivity contribution in [2.24, 2.45) is 0 Å². The van der Waals surface area contributed by atoms with Gasteiger partial charge in [-0.15, -0.1) is 0 Å². The zero-order chi connectivity index (χ0) is 15.4. The fraction of sp³-hybridized carbons (Fsp3) is 0.294. The molecule has 0 fully saturated rings. The fourth-order valence-electron chi connectivity index (χ4n) is 2.21. The first-order valence-corrected chi connectivity index (χ1v) is 7.76. The number of nitrogens with one attached hydrogen (secondary N) is 1. The lowest BCUT2D eigenvalue weighted by Gasteiger charge is -2.16. The molecule has 2 aromatic carbocycles. The molecular formula is C17H18Cl2FN. The van der Waals surface area contributed by atoms with Gasteiger partial charge < -0.3 is 5.32 Å². The van der Waals surface area contributed by atoms with E-state index in [0.717, 1.165) is 18.5 Å². The lowest BCUT2D eigenvalue weighted by atomic mass is 9.99. The summed E-state index contributed by atoms with van der Waals surface area (Å²) in [6, 6.07) is 10.4. The van der Waals surface area contributed by atoms with Crippen LogP contribution in [0.3, 0.4) is 0 Å². The minimum Gasteiger partial charge on any atom is -0.310 e. The molecule has 0 heterocycles. The summed E-state index contributed by atoms with van der Waals surface area (Å²) in [5.74, 6) is -0.286. The molecular weight excluding hydrogens is 308 g/mol. The smallest absolute Gasteiger partial charge is 0.131 e. The van der Waals surface area contributed by atoms with Crippen LogP contribution in [0.1, 0.15) is 31.9 Å². The van der Waals surface area contributed by atoms with Crippen molar-refractivity contribution in [1.82, 2.24) is 5.32 Å². The molecule has 0 aliphatic rings.